The maximum absolute atomic E-state index is 13.6. The zero-order valence-electron chi connectivity index (χ0n) is 18.4. The van der Waals surface area contributed by atoms with E-state index in [0.29, 0.717) is 35.1 Å². The summed E-state index contributed by atoms with van der Waals surface area (Å²) in [5.41, 5.74) is -1.49. The Bertz CT molecular complexity index is 1200. The zero-order valence-corrected chi connectivity index (χ0v) is 19.9. The average molecular weight is 508 g/mol. The van der Waals surface area contributed by atoms with Crippen molar-refractivity contribution in [1.82, 2.24) is 4.90 Å². The number of benzene rings is 3. The number of hydrogen-bond acceptors (Lipinski definition) is 4. The molecule has 0 aromatic heterocycles. The molecule has 0 saturated carbocycles. The Labute approximate surface area is 204 Å². The van der Waals surface area contributed by atoms with E-state index in [1.54, 1.807) is 25.2 Å². The van der Waals surface area contributed by atoms with Gasteiger partial charge in [-0.25, -0.2) is 0 Å². The van der Waals surface area contributed by atoms with Crippen LogP contribution in [0.1, 0.15) is 33.1 Å². The molecule has 1 atom stereocenters. The summed E-state index contributed by atoms with van der Waals surface area (Å²) in [5, 5.41) is 0.505. The van der Waals surface area contributed by atoms with Gasteiger partial charge >= 0.3 is 5.51 Å². The lowest BCUT2D eigenvalue weighted by molar-refractivity contribution is -0.0328. The van der Waals surface area contributed by atoms with E-state index < -0.39 is 11.6 Å². The molecule has 9 heteroatoms. The van der Waals surface area contributed by atoms with Crippen LogP contribution in [0.5, 0.6) is 11.5 Å². The molecule has 34 heavy (non-hydrogen) atoms. The highest BCUT2D eigenvalue weighted by molar-refractivity contribution is 8.00. The summed E-state index contributed by atoms with van der Waals surface area (Å²) in [5.74, 6) is 0.826. The Morgan fingerprint density at radius 3 is 2.26 bits per heavy atom. The smallest absolute Gasteiger partial charge is 0.446 e. The zero-order chi connectivity index (χ0) is 24.5. The van der Waals surface area contributed by atoms with Crippen LogP contribution < -0.4 is 9.47 Å². The minimum Gasteiger partial charge on any atom is -0.493 e. The van der Waals surface area contributed by atoms with Crippen LogP contribution in [-0.4, -0.2) is 37.1 Å². The summed E-state index contributed by atoms with van der Waals surface area (Å²) in [4.78, 5) is 15.3. The molecule has 3 aromatic carbocycles. The van der Waals surface area contributed by atoms with E-state index in [4.69, 9.17) is 21.1 Å². The molecule has 0 saturated heterocycles. The van der Waals surface area contributed by atoms with Crippen molar-refractivity contribution in [3.05, 3.63) is 87.9 Å². The summed E-state index contributed by atoms with van der Waals surface area (Å²) in [7, 11) is 3.11. The van der Waals surface area contributed by atoms with Gasteiger partial charge in [0.25, 0.3) is 5.91 Å². The Hall–Kier alpha value is -2.84. The molecule has 0 aliphatic carbocycles. The lowest BCUT2D eigenvalue weighted by Gasteiger charge is -2.38. The van der Waals surface area contributed by atoms with E-state index in [1.165, 1.54) is 24.3 Å². The minimum absolute atomic E-state index is 0.0209. The fourth-order valence-electron chi connectivity index (χ4n) is 4.16. The molecule has 4 rings (SSSR count). The number of ether oxygens (including phenoxy) is 2. The molecule has 0 unspecified atom stereocenters. The van der Waals surface area contributed by atoms with Crippen LogP contribution >= 0.6 is 23.4 Å². The number of thioether (sulfide) groups is 1. The number of carbonyl (C=O) groups excluding carboxylic acids is 1. The van der Waals surface area contributed by atoms with Crippen molar-refractivity contribution >= 4 is 29.3 Å². The number of alkyl halides is 3. The number of nitrogens with zero attached hydrogens (tertiary/aromatic N) is 1. The van der Waals surface area contributed by atoms with Crippen LogP contribution in [0.4, 0.5) is 13.2 Å². The second-order valence-electron chi connectivity index (χ2n) is 7.65. The summed E-state index contributed by atoms with van der Waals surface area (Å²) < 4.78 is 49.0. The molecule has 0 N–H and O–H groups in total. The normalized spacial score (nSPS) is 15.6. The van der Waals surface area contributed by atoms with Gasteiger partial charge in [-0.15, -0.1) is 0 Å². The predicted molar refractivity (Wildman–Crippen MR) is 126 cm³/mol. The van der Waals surface area contributed by atoms with Gasteiger partial charge in [0, 0.05) is 22.0 Å². The van der Waals surface area contributed by atoms with E-state index in [0.717, 1.165) is 16.7 Å². The lowest BCUT2D eigenvalue weighted by Crippen LogP contribution is -2.40. The number of rotatable bonds is 5. The van der Waals surface area contributed by atoms with Gasteiger partial charge < -0.3 is 14.4 Å². The van der Waals surface area contributed by atoms with Gasteiger partial charge in [0.15, 0.2) is 11.5 Å². The average Bonchev–Trinajstić information content (AvgIpc) is 2.82. The number of halogens is 4. The highest BCUT2D eigenvalue weighted by atomic mass is 35.5. The van der Waals surface area contributed by atoms with E-state index in [9.17, 15) is 18.0 Å². The predicted octanol–water partition coefficient (Wildman–Crippen LogP) is 6.76. The quantitative estimate of drug-likeness (QED) is 0.358. The summed E-state index contributed by atoms with van der Waals surface area (Å²) in [6.45, 7) is 0.399. The first-order valence-corrected chi connectivity index (χ1v) is 11.6. The number of carbonyl (C=O) groups is 1. The molecule has 0 bridgehead atoms. The van der Waals surface area contributed by atoms with Crippen LogP contribution in [0.2, 0.25) is 5.02 Å². The Balaban J connectivity index is 1.76. The molecule has 178 valence electrons. The van der Waals surface area contributed by atoms with E-state index in [-0.39, 0.29) is 22.6 Å². The molecular formula is C25H21ClF3NO3S. The van der Waals surface area contributed by atoms with Crippen molar-refractivity contribution < 1.29 is 27.4 Å². The molecule has 1 amide bonds. The van der Waals surface area contributed by atoms with E-state index in [2.05, 4.69) is 0 Å². The van der Waals surface area contributed by atoms with Gasteiger partial charge in [0.2, 0.25) is 0 Å². The minimum atomic E-state index is -4.39. The number of methoxy groups -OCH3 is 2. The topological polar surface area (TPSA) is 38.8 Å². The molecule has 1 aliphatic heterocycles. The monoisotopic (exact) mass is 507 g/mol. The highest BCUT2D eigenvalue weighted by Crippen LogP contribution is 2.43. The van der Waals surface area contributed by atoms with Gasteiger partial charge in [-0.3, -0.25) is 4.79 Å². The van der Waals surface area contributed by atoms with Crippen molar-refractivity contribution in [2.45, 2.75) is 22.9 Å². The first kappa shape index (κ1) is 24.3. The van der Waals surface area contributed by atoms with Crippen molar-refractivity contribution in [2.24, 2.45) is 0 Å². The summed E-state index contributed by atoms with van der Waals surface area (Å²) in [6, 6.07) is 16.0. The first-order valence-electron chi connectivity index (χ1n) is 10.4. The van der Waals surface area contributed by atoms with E-state index >= 15 is 0 Å². The maximum atomic E-state index is 13.6. The van der Waals surface area contributed by atoms with Gasteiger partial charge in [-0.1, -0.05) is 29.8 Å². The van der Waals surface area contributed by atoms with Crippen LogP contribution in [0.25, 0.3) is 0 Å². The molecule has 1 aliphatic rings. The molecular weight excluding hydrogens is 487 g/mol. The molecule has 1 heterocycles. The second-order valence-corrected chi connectivity index (χ2v) is 9.20. The Morgan fingerprint density at radius 1 is 1.00 bits per heavy atom. The van der Waals surface area contributed by atoms with Crippen LogP contribution in [-0.2, 0) is 6.42 Å². The van der Waals surface area contributed by atoms with Gasteiger partial charge in [0.05, 0.1) is 20.3 Å². The lowest BCUT2D eigenvalue weighted by atomic mass is 9.87. The standard InChI is InChI=1S/C25H21ClF3NO3S/c1-32-21-13-16-11-12-30(24(31)15-7-9-17(10-8-15)34-25(27,28)29)23(19(16)14-22(21)33-2)18-5-3-4-6-20(18)26/h3-10,13-14,23H,11-12H2,1-2H3/t23-/m1/s1. The van der Waals surface area contributed by atoms with Crippen molar-refractivity contribution in [1.29, 1.82) is 0 Å². The van der Waals surface area contributed by atoms with Gasteiger partial charge in [0.1, 0.15) is 0 Å². The molecule has 4 nitrogen and oxygen atoms in total. The Morgan fingerprint density at radius 2 is 1.65 bits per heavy atom. The molecule has 0 radical (unpaired) electrons. The van der Waals surface area contributed by atoms with Crippen LogP contribution in [0, 0.1) is 0 Å². The third-order valence-electron chi connectivity index (χ3n) is 5.67. The molecule has 3 aromatic rings. The van der Waals surface area contributed by atoms with Crippen molar-refractivity contribution in [2.75, 3.05) is 20.8 Å². The highest BCUT2D eigenvalue weighted by Gasteiger charge is 2.35. The SMILES string of the molecule is COc1cc2c(cc1OC)[C@@H](c1ccccc1Cl)N(C(=O)c1ccc(SC(F)(F)F)cc1)CC2. The number of amides is 1. The van der Waals surface area contributed by atoms with Crippen LogP contribution in [0.15, 0.2) is 65.6 Å². The fraction of sp³-hybridized carbons (Fsp3) is 0.240. The van der Waals surface area contributed by atoms with E-state index in [1.807, 2.05) is 30.3 Å². The van der Waals surface area contributed by atoms with Crippen molar-refractivity contribution in [3.63, 3.8) is 0 Å². The molecule has 0 spiro atoms. The number of hydrogen-bond donors (Lipinski definition) is 0. The van der Waals surface area contributed by atoms with Crippen LogP contribution in [0.3, 0.4) is 0 Å². The largest absolute Gasteiger partial charge is 0.493 e. The summed E-state index contributed by atoms with van der Waals surface area (Å²) >= 11 is 6.34. The number of fused-ring (bicyclic) bond motifs is 1. The fourth-order valence-corrected chi connectivity index (χ4v) is 4.94. The first-order chi connectivity index (χ1) is 16.2. The maximum Gasteiger partial charge on any atom is 0.446 e. The van der Waals surface area contributed by atoms with Gasteiger partial charge in [-0.05, 0) is 77.3 Å². The third kappa shape index (κ3) is 4.98. The van der Waals surface area contributed by atoms with Crippen molar-refractivity contribution in [3.8, 4) is 11.5 Å². The summed E-state index contributed by atoms with van der Waals surface area (Å²) in [6.07, 6.45) is 0.574. The Kier molecular flexibility index (Phi) is 7.00. The van der Waals surface area contributed by atoms with Gasteiger partial charge in [-0.2, -0.15) is 13.2 Å². The second kappa shape index (κ2) is 9.80. The molecule has 0 fully saturated rings. The third-order valence-corrected chi connectivity index (χ3v) is 6.75.